The number of rotatable bonds is 4. The van der Waals surface area contributed by atoms with Gasteiger partial charge in [0.15, 0.2) is 0 Å². The van der Waals surface area contributed by atoms with Gasteiger partial charge in [0.25, 0.3) is 5.56 Å². The van der Waals surface area contributed by atoms with Gasteiger partial charge in [0.05, 0.1) is 11.8 Å². The molecule has 1 unspecified atom stereocenters. The molecule has 0 aromatic carbocycles. The Morgan fingerprint density at radius 2 is 2.38 bits per heavy atom. The summed E-state index contributed by atoms with van der Waals surface area (Å²) in [5, 5.41) is 5.00. The van der Waals surface area contributed by atoms with Crippen LogP contribution in [0.4, 0.5) is 0 Å². The van der Waals surface area contributed by atoms with E-state index in [4.69, 9.17) is 4.74 Å². The van der Waals surface area contributed by atoms with Crippen molar-refractivity contribution in [1.82, 2.24) is 19.5 Å². The van der Waals surface area contributed by atoms with Crippen molar-refractivity contribution in [2.75, 3.05) is 20.2 Å². The highest BCUT2D eigenvalue weighted by molar-refractivity contribution is 7.16. The molecule has 6 nitrogen and oxygen atoms in total. The Kier molecular flexibility index (Phi) is 4.32. The average molecular weight is 308 g/mol. The summed E-state index contributed by atoms with van der Waals surface area (Å²) < 4.78 is 7.12. The first-order valence-corrected chi connectivity index (χ1v) is 8.10. The molecule has 3 heterocycles. The minimum absolute atomic E-state index is 0.110. The third-order valence-corrected chi connectivity index (χ3v) is 4.44. The number of hydrogen-bond acceptors (Lipinski definition) is 6. The molecule has 2 aromatic heterocycles. The van der Waals surface area contributed by atoms with Gasteiger partial charge in [-0.05, 0) is 33.2 Å². The van der Waals surface area contributed by atoms with E-state index in [1.807, 2.05) is 14.0 Å². The zero-order valence-corrected chi connectivity index (χ0v) is 13.2. The monoisotopic (exact) mass is 308 g/mol. The van der Waals surface area contributed by atoms with E-state index in [-0.39, 0.29) is 5.56 Å². The molecule has 1 atom stereocenters. The maximum Gasteiger partial charge on any atom is 0.275 e. The molecular formula is C14H20N4O2S. The van der Waals surface area contributed by atoms with Crippen LogP contribution in [0.15, 0.2) is 10.9 Å². The standard InChI is InChI=1S/C14H20N4O2S/c1-10-16-18-13(19)7-11(15-14(18)21-10)8-17(2)9-12-5-3-4-6-20-12/h7,12H,3-6,8-9H2,1-2H3. The van der Waals surface area contributed by atoms with E-state index in [0.29, 0.717) is 17.6 Å². The van der Waals surface area contributed by atoms with E-state index in [1.165, 1.54) is 28.7 Å². The fraction of sp³-hybridized carbons (Fsp3) is 0.643. The summed E-state index contributed by atoms with van der Waals surface area (Å²) in [5.41, 5.74) is 0.684. The van der Waals surface area contributed by atoms with Crippen LogP contribution >= 0.6 is 11.3 Å². The van der Waals surface area contributed by atoms with Gasteiger partial charge in [-0.25, -0.2) is 4.98 Å². The van der Waals surface area contributed by atoms with Crippen molar-refractivity contribution in [3.05, 3.63) is 27.1 Å². The number of ether oxygens (including phenoxy) is 1. The molecule has 1 fully saturated rings. The van der Waals surface area contributed by atoms with E-state index >= 15 is 0 Å². The molecule has 0 spiro atoms. The molecule has 0 radical (unpaired) electrons. The van der Waals surface area contributed by atoms with E-state index in [0.717, 1.165) is 30.3 Å². The molecule has 3 rings (SSSR count). The third-order valence-electron chi connectivity index (χ3n) is 3.62. The Balaban J connectivity index is 1.70. The van der Waals surface area contributed by atoms with Gasteiger partial charge in [-0.3, -0.25) is 9.69 Å². The highest BCUT2D eigenvalue weighted by Crippen LogP contribution is 2.15. The summed E-state index contributed by atoms with van der Waals surface area (Å²) in [6.45, 7) is 4.28. The molecule has 1 saturated heterocycles. The largest absolute Gasteiger partial charge is 0.377 e. The number of fused-ring (bicyclic) bond motifs is 1. The van der Waals surface area contributed by atoms with Crippen LogP contribution in [0.2, 0.25) is 0 Å². The second kappa shape index (κ2) is 6.21. The van der Waals surface area contributed by atoms with Crippen molar-refractivity contribution in [2.24, 2.45) is 0 Å². The molecule has 21 heavy (non-hydrogen) atoms. The molecular weight excluding hydrogens is 288 g/mol. The third kappa shape index (κ3) is 3.48. The van der Waals surface area contributed by atoms with Crippen molar-refractivity contribution in [2.45, 2.75) is 38.8 Å². The summed E-state index contributed by atoms with van der Waals surface area (Å²) in [6.07, 6.45) is 3.83. The SMILES string of the molecule is Cc1nn2c(=O)cc(CN(C)CC3CCCCO3)nc2s1. The van der Waals surface area contributed by atoms with Gasteiger partial charge in [0, 0.05) is 25.8 Å². The highest BCUT2D eigenvalue weighted by Gasteiger charge is 2.16. The minimum Gasteiger partial charge on any atom is -0.377 e. The molecule has 0 aliphatic carbocycles. The number of likely N-dealkylation sites (N-methyl/N-ethyl adjacent to an activating group) is 1. The minimum atomic E-state index is -0.110. The lowest BCUT2D eigenvalue weighted by Crippen LogP contribution is -2.33. The van der Waals surface area contributed by atoms with Crippen molar-refractivity contribution in [1.29, 1.82) is 0 Å². The molecule has 0 saturated carbocycles. The van der Waals surface area contributed by atoms with Crippen LogP contribution < -0.4 is 5.56 Å². The van der Waals surface area contributed by atoms with Gasteiger partial charge in [0.2, 0.25) is 4.96 Å². The van der Waals surface area contributed by atoms with Crippen LogP contribution in [0.1, 0.15) is 30.0 Å². The second-order valence-corrected chi connectivity index (χ2v) is 6.75. The van der Waals surface area contributed by atoms with Crippen LogP contribution in [-0.4, -0.2) is 45.8 Å². The van der Waals surface area contributed by atoms with E-state index in [1.54, 1.807) is 6.07 Å². The Hall–Kier alpha value is -1.31. The summed E-state index contributed by atoms with van der Waals surface area (Å²) in [5.74, 6) is 0. The van der Waals surface area contributed by atoms with Crippen molar-refractivity contribution >= 4 is 16.3 Å². The van der Waals surface area contributed by atoms with Gasteiger partial charge in [0.1, 0.15) is 5.01 Å². The quantitative estimate of drug-likeness (QED) is 0.856. The maximum absolute atomic E-state index is 12.0. The first-order valence-electron chi connectivity index (χ1n) is 7.28. The van der Waals surface area contributed by atoms with E-state index in [2.05, 4.69) is 15.0 Å². The lowest BCUT2D eigenvalue weighted by atomic mass is 10.1. The van der Waals surface area contributed by atoms with Crippen LogP contribution in [0.5, 0.6) is 0 Å². The first kappa shape index (κ1) is 14.6. The van der Waals surface area contributed by atoms with Gasteiger partial charge < -0.3 is 4.74 Å². The molecule has 1 aliphatic rings. The fourth-order valence-electron chi connectivity index (χ4n) is 2.67. The van der Waals surface area contributed by atoms with Gasteiger partial charge >= 0.3 is 0 Å². The van der Waals surface area contributed by atoms with Gasteiger partial charge in [-0.2, -0.15) is 9.61 Å². The van der Waals surface area contributed by atoms with Crippen LogP contribution in [0.3, 0.4) is 0 Å². The lowest BCUT2D eigenvalue weighted by Gasteiger charge is -2.27. The zero-order chi connectivity index (χ0) is 14.8. The Labute approximate surface area is 127 Å². The molecule has 1 aliphatic heterocycles. The molecule has 7 heteroatoms. The van der Waals surface area contributed by atoms with Crippen molar-refractivity contribution in [3.63, 3.8) is 0 Å². The Morgan fingerprint density at radius 3 is 3.14 bits per heavy atom. The normalized spacial score (nSPS) is 19.5. The second-order valence-electron chi connectivity index (χ2n) is 5.59. The molecule has 2 aromatic rings. The summed E-state index contributed by atoms with van der Waals surface area (Å²) in [4.78, 5) is 19.4. The lowest BCUT2D eigenvalue weighted by molar-refractivity contribution is -0.00274. The molecule has 0 N–H and O–H groups in total. The van der Waals surface area contributed by atoms with E-state index in [9.17, 15) is 4.79 Å². The zero-order valence-electron chi connectivity index (χ0n) is 12.4. The topological polar surface area (TPSA) is 59.7 Å². The Bertz CT molecular complexity index is 675. The van der Waals surface area contributed by atoms with Gasteiger partial charge in [-0.1, -0.05) is 11.3 Å². The predicted octanol–water partition coefficient (Wildman–Crippen LogP) is 1.46. The van der Waals surface area contributed by atoms with Crippen molar-refractivity contribution < 1.29 is 4.74 Å². The number of hydrogen-bond donors (Lipinski definition) is 0. The number of aryl methyl sites for hydroxylation is 1. The first-order chi connectivity index (χ1) is 10.1. The van der Waals surface area contributed by atoms with Crippen LogP contribution in [0, 0.1) is 6.92 Å². The average Bonchev–Trinajstić information content (AvgIpc) is 2.81. The summed E-state index contributed by atoms with van der Waals surface area (Å²) >= 11 is 1.44. The molecule has 0 bridgehead atoms. The van der Waals surface area contributed by atoms with Crippen LogP contribution in [-0.2, 0) is 11.3 Å². The highest BCUT2D eigenvalue weighted by atomic mass is 32.1. The van der Waals surface area contributed by atoms with Crippen molar-refractivity contribution in [3.8, 4) is 0 Å². The predicted molar refractivity (Wildman–Crippen MR) is 81.8 cm³/mol. The number of nitrogens with zero attached hydrogens (tertiary/aromatic N) is 4. The number of aromatic nitrogens is 3. The Morgan fingerprint density at radius 1 is 1.52 bits per heavy atom. The smallest absolute Gasteiger partial charge is 0.275 e. The van der Waals surface area contributed by atoms with E-state index < -0.39 is 0 Å². The fourth-order valence-corrected chi connectivity index (χ4v) is 3.44. The maximum atomic E-state index is 12.0. The summed E-state index contributed by atoms with van der Waals surface area (Å²) in [7, 11) is 2.04. The van der Waals surface area contributed by atoms with Gasteiger partial charge in [-0.15, -0.1) is 0 Å². The summed E-state index contributed by atoms with van der Waals surface area (Å²) in [6, 6.07) is 1.57. The molecule has 0 amide bonds. The molecule has 114 valence electrons. The van der Waals surface area contributed by atoms with Crippen LogP contribution in [0.25, 0.3) is 4.96 Å².